The minimum absolute atomic E-state index is 0.0157. The second kappa shape index (κ2) is 6.23. The molecule has 1 unspecified atom stereocenters. The molecule has 1 saturated carbocycles. The van der Waals surface area contributed by atoms with E-state index < -0.39 is 0 Å². The Labute approximate surface area is 117 Å². The molecule has 4 nitrogen and oxygen atoms in total. The van der Waals surface area contributed by atoms with Crippen molar-refractivity contribution in [2.45, 2.75) is 70.0 Å². The van der Waals surface area contributed by atoms with Crippen LogP contribution in [0.3, 0.4) is 0 Å². The van der Waals surface area contributed by atoms with Gasteiger partial charge in [0.15, 0.2) is 0 Å². The summed E-state index contributed by atoms with van der Waals surface area (Å²) in [5, 5.41) is 6.61. The van der Waals surface area contributed by atoms with Crippen LogP contribution in [0.1, 0.15) is 52.4 Å². The van der Waals surface area contributed by atoms with Gasteiger partial charge < -0.3 is 10.6 Å². The maximum Gasteiger partial charge on any atom is 0.237 e. The van der Waals surface area contributed by atoms with Crippen LogP contribution in [0.2, 0.25) is 0 Å². The topological polar surface area (TPSA) is 44.4 Å². The molecule has 1 amide bonds. The first-order chi connectivity index (χ1) is 9.04. The van der Waals surface area contributed by atoms with Crippen molar-refractivity contribution in [3.05, 3.63) is 0 Å². The molecule has 1 heterocycles. The van der Waals surface area contributed by atoms with E-state index in [1.165, 1.54) is 12.8 Å². The number of amides is 1. The van der Waals surface area contributed by atoms with E-state index in [9.17, 15) is 4.79 Å². The van der Waals surface area contributed by atoms with E-state index in [-0.39, 0.29) is 17.5 Å². The number of hydrogen-bond donors (Lipinski definition) is 2. The molecule has 1 saturated heterocycles. The fraction of sp³-hybridized carbons (Fsp3) is 0.933. The average molecular weight is 267 g/mol. The maximum atomic E-state index is 12.3. The molecule has 0 bridgehead atoms. The van der Waals surface area contributed by atoms with E-state index in [2.05, 4.69) is 22.5 Å². The molecule has 4 heteroatoms. The van der Waals surface area contributed by atoms with Crippen LogP contribution in [-0.4, -0.2) is 48.6 Å². The summed E-state index contributed by atoms with van der Waals surface area (Å²) in [6, 6.07) is 0.448. The first-order valence-electron chi connectivity index (χ1n) is 7.77. The van der Waals surface area contributed by atoms with Crippen LogP contribution >= 0.6 is 0 Å². The largest absolute Gasteiger partial charge is 0.352 e. The number of carbonyl (C=O) groups excluding carboxylic acids is 1. The summed E-state index contributed by atoms with van der Waals surface area (Å²) in [5.74, 6) is 0.222. The predicted molar refractivity (Wildman–Crippen MR) is 78.1 cm³/mol. The fourth-order valence-electron chi connectivity index (χ4n) is 3.21. The van der Waals surface area contributed by atoms with Gasteiger partial charge in [-0.3, -0.25) is 9.69 Å². The summed E-state index contributed by atoms with van der Waals surface area (Å²) in [6.45, 7) is 6.34. The van der Waals surface area contributed by atoms with Crippen LogP contribution in [-0.2, 0) is 4.79 Å². The van der Waals surface area contributed by atoms with Gasteiger partial charge >= 0.3 is 0 Å². The Hall–Kier alpha value is -0.610. The lowest BCUT2D eigenvalue weighted by Gasteiger charge is -2.41. The van der Waals surface area contributed by atoms with E-state index in [1.807, 2.05) is 14.0 Å². The number of nitrogens with one attached hydrogen (secondary N) is 2. The Balaban J connectivity index is 1.79. The van der Waals surface area contributed by atoms with Crippen LogP contribution < -0.4 is 10.6 Å². The van der Waals surface area contributed by atoms with Crippen molar-refractivity contribution in [1.29, 1.82) is 0 Å². The molecular weight excluding hydrogens is 238 g/mol. The Morgan fingerprint density at radius 3 is 2.37 bits per heavy atom. The third kappa shape index (κ3) is 3.69. The van der Waals surface area contributed by atoms with Gasteiger partial charge in [-0.2, -0.15) is 0 Å². The third-order valence-electron chi connectivity index (χ3n) is 5.13. The highest BCUT2D eigenvalue weighted by atomic mass is 16.2. The van der Waals surface area contributed by atoms with Crippen molar-refractivity contribution >= 4 is 5.91 Å². The minimum atomic E-state index is 0.0157. The number of hydrogen-bond acceptors (Lipinski definition) is 3. The Bertz CT molecular complexity index is 305. The van der Waals surface area contributed by atoms with Gasteiger partial charge in [0, 0.05) is 24.7 Å². The number of carbonyl (C=O) groups is 1. The van der Waals surface area contributed by atoms with Crippen LogP contribution in [0.25, 0.3) is 0 Å². The summed E-state index contributed by atoms with van der Waals surface area (Å²) < 4.78 is 0. The zero-order valence-electron chi connectivity index (χ0n) is 12.7. The molecule has 2 fully saturated rings. The van der Waals surface area contributed by atoms with Gasteiger partial charge in [-0.1, -0.05) is 12.8 Å². The third-order valence-corrected chi connectivity index (χ3v) is 5.13. The highest BCUT2D eigenvalue weighted by Crippen LogP contribution is 2.23. The number of piperidine rings is 1. The van der Waals surface area contributed by atoms with Gasteiger partial charge in [0.05, 0.1) is 6.04 Å². The minimum Gasteiger partial charge on any atom is -0.352 e. The molecule has 19 heavy (non-hydrogen) atoms. The molecule has 0 aromatic heterocycles. The molecule has 110 valence electrons. The molecule has 1 aliphatic carbocycles. The number of rotatable bonds is 4. The van der Waals surface area contributed by atoms with Gasteiger partial charge in [0.1, 0.15) is 0 Å². The monoisotopic (exact) mass is 267 g/mol. The van der Waals surface area contributed by atoms with Gasteiger partial charge in [-0.25, -0.2) is 0 Å². The van der Waals surface area contributed by atoms with E-state index in [4.69, 9.17) is 0 Å². The van der Waals surface area contributed by atoms with Gasteiger partial charge in [-0.15, -0.1) is 0 Å². The van der Waals surface area contributed by atoms with Crippen molar-refractivity contribution in [2.75, 3.05) is 20.1 Å². The van der Waals surface area contributed by atoms with Gasteiger partial charge in [-0.05, 0) is 46.6 Å². The fourth-order valence-corrected chi connectivity index (χ4v) is 3.21. The van der Waals surface area contributed by atoms with Crippen molar-refractivity contribution < 1.29 is 4.79 Å². The quantitative estimate of drug-likeness (QED) is 0.811. The normalized spacial score (nSPS) is 26.3. The highest BCUT2D eigenvalue weighted by Gasteiger charge is 2.32. The van der Waals surface area contributed by atoms with Crippen molar-refractivity contribution in [2.24, 2.45) is 0 Å². The lowest BCUT2D eigenvalue weighted by molar-refractivity contribution is -0.127. The van der Waals surface area contributed by atoms with Crippen LogP contribution in [0.15, 0.2) is 0 Å². The molecular formula is C15H29N3O. The van der Waals surface area contributed by atoms with E-state index in [1.54, 1.807) is 0 Å². The second-order valence-corrected chi connectivity index (χ2v) is 6.51. The zero-order valence-corrected chi connectivity index (χ0v) is 12.7. The molecule has 1 atom stereocenters. The maximum absolute atomic E-state index is 12.3. The van der Waals surface area contributed by atoms with E-state index in [0.717, 1.165) is 38.8 Å². The van der Waals surface area contributed by atoms with Crippen molar-refractivity contribution in [3.8, 4) is 0 Å². The molecule has 0 aromatic rings. The SMILES string of the molecule is CNC1(C)CCN(C(C)C(=O)NC2CCCC2)CC1. The van der Waals surface area contributed by atoms with Crippen molar-refractivity contribution in [1.82, 2.24) is 15.5 Å². The first-order valence-corrected chi connectivity index (χ1v) is 7.77. The zero-order chi connectivity index (χ0) is 13.9. The highest BCUT2D eigenvalue weighted by molar-refractivity contribution is 5.81. The summed E-state index contributed by atoms with van der Waals surface area (Å²) >= 11 is 0. The van der Waals surface area contributed by atoms with Crippen LogP contribution in [0, 0.1) is 0 Å². The second-order valence-electron chi connectivity index (χ2n) is 6.51. The smallest absolute Gasteiger partial charge is 0.237 e. The Morgan fingerprint density at radius 1 is 1.26 bits per heavy atom. The van der Waals surface area contributed by atoms with Crippen LogP contribution in [0.5, 0.6) is 0 Å². The van der Waals surface area contributed by atoms with Gasteiger partial charge in [0.2, 0.25) is 5.91 Å². The van der Waals surface area contributed by atoms with E-state index in [0.29, 0.717) is 6.04 Å². The summed E-state index contributed by atoms with van der Waals surface area (Å²) in [4.78, 5) is 14.6. The summed E-state index contributed by atoms with van der Waals surface area (Å²) in [6.07, 6.45) is 7.09. The molecule has 0 radical (unpaired) electrons. The molecule has 2 aliphatic rings. The van der Waals surface area contributed by atoms with Crippen LogP contribution in [0.4, 0.5) is 0 Å². The summed E-state index contributed by atoms with van der Waals surface area (Å²) in [5.41, 5.74) is 0.248. The Morgan fingerprint density at radius 2 is 1.84 bits per heavy atom. The number of likely N-dealkylation sites (tertiary alicyclic amines) is 1. The average Bonchev–Trinajstić information content (AvgIpc) is 2.91. The molecule has 2 rings (SSSR count). The van der Waals surface area contributed by atoms with E-state index >= 15 is 0 Å². The van der Waals surface area contributed by atoms with Crippen molar-refractivity contribution in [3.63, 3.8) is 0 Å². The predicted octanol–water partition coefficient (Wildman–Crippen LogP) is 1.51. The molecule has 1 aliphatic heterocycles. The van der Waals surface area contributed by atoms with Gasteiger partial charge in [0.25, 0.3) is 0 Å². The lowest BCUT2D eigenvalue weighted by atomic mass is 9.89. The Kier molecular flexibility index (Phi) is 4.85. The standard InChI is InChI=1S/C15H29N3O/c1-12(14(19)17-13-6-4-5-7-13)18-10-8-15(2,16-3)9-11-18/h12-13,16H,4-11H2,1-3H3,(H,17,19). The first kappa shape index (κ1) is 14.8. The molecule has 0 spiro atoms. The summed E-state index contributed by atoms with van der Waals surface area (Å²) in [7, 11) is 2.03. The molecule has 0 aromatic carbocycles. The molecule has 2 N–H and O–H groups in total. The lowest BCUT2D eigenvalue weighted by Crippen LogP contribution is -2.55. The number of nitrogens with zero attached hydrogens (tertiary/aromatic N) is 1.